The number of nitrogens with one attached hydrogen (secondary N) is 1. The first-order valence-corrected chi connectivity index (χ1v) is 11.3. The summed E-state index contributed by atoms with van der Waals surface area (Å²) in [4.78, 5) is 14.7. The Bertz CT molecular complexity index is 1220. The molecule has 0 bridgehead atoms. The third-order valence-electron chi connectivity index (χ3n) is 5.82. The van der Waals surface area contributed by atoms with Gasteiger partial charge in [0.25, 0.3) is 5.91 Å². The summed E-state index contributed by atoms with van der Waals surface area (Å²) in [7, 11) is 0. The number of amides is 1. The van der Waals surface area contributed by atoms with Crippen LogP contribution in [0.2, 0.25) is 0 Å². The molecule has 0 saturated heterocycles. The van der Waals surface area contributed by atoms with Gasteiger partial charge in [-0.2, -0.15) is 18.3 Å². The van der Waals surface area contributed by atoms with E-state index in [-0.39, 0.29) is 23.1 Å². The molecule has 5 rings (SSSR count). The maximum Gasteiger partial charge on any atom is 0.410 e. The van der Waals surface area contributed by atoms with Crippen LogP contribution in [0.5, 0.6) is 0 Å². The lowest BCUT2D eigenvalue weighted by Gasteiger charge is -2.34. The van der Waals surface area contributed by atoms with E-state index >= 15 is 0 Å². The maximum absolute atomic E-state index is 13.9. The molecule has 0 aliphatic carbocycles. The summed E-state index contributed by atoms with van der Waals surface area (Å²) in [5, 5.41) is 9.96. The summed E-state index contributed by atoms with van der Waals surface area (Å²) in [5.74, 6) is -0.397. The van der Waals surface area contributed by atoms with E-state index in [0.29, 0.717) is 6.54 Å². The van der Waals surface area contributed by atoms with Gasteiger partial charge < -0.3 is 5.32 Å². The molecule has 2 aliphatic heterocycles. The van der Waals surface area contributed by atoms with E-state index in [0.717, 1.165) is 15.8 Å². The Morgan fingerprint density at radius 3 is 2.39 bits per heavy atom. The standard InChI is InChI=1S/C24H19F3N4OS/c25-24(26,27)21-13-19(16-7-3-1-4-8-16)29-22-18(14-28-31(21)22)23(32)30-11-12-33-20(15-30)17-9-5-2-6-10-17/h1-10,14,19-21,29H,13,15H2. The van der Waals surface area contributed by atoms with Gasteiger partial charge in [0.2, 0.25) is 0 Å². The molecule has 33 heavy (non-hydrogen) atoms. The summed E-state index contributed by atoms with van der Waals surface area (Å²) >= 11 is 1.42. The monoisotopic (exact) mass is 468 g/mol. The number of benzene rings is 2. The number of alkyl halides is 3. The minimum Gasteiger partial charge on any atom is -0.363 e. The number of halogens is 3. The first-order valence-electron chi connectivity index (χ1n) is 10.4. The fourth-order valence-corrected chi connectivity index (χ4v) is 4.97. The predicted octanol–water partition coefficient (Wildman–Crippen LogP) is 5.39. The molecule has 0 spiro atoms. The van der Waals surface area contributed by atoms with Crippen LogP contribution in [0.15, 0.2) is 66.9 Å². The van der Waals surface area contributed by atoms with Crippen molar-refractivity contribution >= 4 is 23.5 Å². The quantitative estimate of drug-likeness (QED) is 0.524. The number of aromatic nitrogens is 2. The first-order chi connectivity index (χ1) is 15.9. The van der Waals surface area contributed by atoms with E-state index in [2.05, 4.69) is 21.7 Å². The van der Waals surface area contributed by atoms with Gasteiger partial charge in [-0.3, -0.25) is 9.69 Å². The van der Waals surface area contributed by atoms with Crippen molar-refractivity contribution in [1.82, 2.24) is 14.7 Å². The van der Waals surface area contributed by atoms with Crippen LogP contribution in [-0.2, 0) is 0 Å². The molecular weight excluding hydrogens is 449 g/mol. The van der Waals surface area contributed by atoms with E-state index < -0.39 is 24.2 Å². The number of rotatable bonds is 3. The average molecular weight is 469 g/mol. The van der Waals surface area contributed by atoms with Crippen LogP contribution in [-0.4, -0.2) is 33.3 Å². The van der Waals surface area contributed by atoms with E-state index in [1.165, 1.54) is 22.9 Å². The summed E-state index contributed by atoms with van der Waals surface area (Å²) in [6.45, 7) is 0.329. The van der Waals surface area contributed by atoms with Crippen LogP contribution in [0.25, 0.3) is 0 Å². The number of hydrogen-bond acceptors (Lipinski definition) is 4. The highest BCUT2D eigenvalue weighted by molar-refractivity contribution is 8.04. The molecule has 3 atom stereocenters. The van der Waals surface area contributed by atoms with Gasteiger partial charge in [0.1, 0.15) is 11.4 Å². The summed E-state index contributed by atoms with van der Waals surface area (Å²) < 4.78 is 42.6. The Morgan fingerprint density at radius 2 is 1.73 bits per heavy atom. The second-order valence-corrected chi connectivity index (χ2v) is 8.91. The minimum atomic E-state index is -4.50. The second kappa shape index (κ2) is 8.52. The minimum absolute atomic E-state index is 0.0456. The molecule has 9 heteroatoms. The Hall–Kier alpha value is -3.38. The van der Waals surface area contributed by atoms with Gasteiger partial charge >= 0.3 is 6.18 Å². The highest BCUT2D eigenvalue weighted by atomic mass is 32.2. The van der Waals surface area contributed by atoms with Crippen LogP contribution in [0.3, 0.4) is 0 Å². The van der Waals surface area contributed by atoms with E-state index in [4.69, 9.17) is 0 Å². The zero-order valence-corrected chi connectivity index (χ0v) is 18.1. The second-order valence-electron chi connectivity index (χ2n) is 7.90. The third-order valence-corrected chi connectivity index (χ3v) is 6.73. The molecule has 168 valence electrons. The van der Waals surface area contributed by atoms with Crippen molar-refractivity contribution in [2.24, 2.45) is 0 Å². The third kappa shape index (κ3) is 4.18. The van der Waals surface area contributed by atoms with Crippen molar-refractivity contribution in [3.05, 3.63) is 83.6 Å². The molecular formula is C24H19F3N4OS. The number of hydrogen-bond donors (Lipinski definition) is 1. The molecule has 2 aliphatic rings. The van der Waals surface area contributed by atoms with Crippen LogP contribution in [0, 0.1) is 11.3 Å². The Labute approximate surface area is 193 Å². The van der Waals surface area contributed by atoms with Gasteiger partial charge in [-0.15, -0.1) is 0 Å². The number of carbonyl (C=O) groups excluding carboxylic acids is 1. The van der Waals surface area contributed by atoms with Gasteiger partial charge in [-0.1, -0.05) is 72.4 Å². The van der Waals surface area contributed by atoms with Gasteiger partial charge in [0, 0.05) is 12.5 Å². The lowest BCUT2D eigenvalue weighted by atomic mass is 9.96. The number of thioether (sulfide) groups is 1. The average Bonchev–Trinajstić information content (AvgIpc) is 3.27. The van der Waals surface area contributed by atoms with Gasteiger partial charge in [0.15, 0.2) is 6.04 Å². The molecule has 0 radical (unpaired) electrons. The molecule has 3 unspecified atom stereocenters. The lowest BCUT2D eigenvalue weighted by Crippen LogP contribution is -2.37. The van der Waals surface area contributed by atoms with Crippen LogP contribution >= 0.6 is 11.8 Å². The van der Waals surface area contributed by atoms with Crippen LogP contribution < -0.4 is 5.32 Å². The van der Waals surface area contributed by atoms with Crippen LogP contribution in [0.1, 0.15) is 45.2 Å². The fourth-order valence-electron chi connectivity index (χ4n) is 4.14. The molecule has 3 aromatic rings. The largest absolute Gasteiger partial charge is 0.410 e. The van der Waals surface area contributed by atoms with Crippen molar-refractivity contribution in [3.63, 3.8) is 0 Å². The van der Waals surface area contributed by atoms with Crippen molar-refractivity contribution in [2.45, 2.75) is 29.9 Å². The van der Waals surface area contributed by atoms with Gasteiger partial charge in [-0.25, -0.2) is 4.68 Å². The highest BCUT2D eigenvalue weighted by Crippen LogP contribution is 2.44. The van der Waals surface area contributed by atoms with Gasteiger partial charge in [0.05, 0.1) is 24.0 Å². The Morgan fingerprint density at radius 1 is 1.06 bits per heavy atom. The number of carbonyl (C=O) groups is 1. The SMILES string of the molecule is O=C(c1cnn2c1NC(c1ccccc1)CC2C(F)(F)F)N1C#CSC(c2ccccc2)C1. The lowest BCUT2D eigenvalue weighted by molar-refractivity contribution is -0.173. The smallest absolute Gasteiger partial charge is 0.363 e. The van der Waals surface area contributed by atoms with E-state index in [1.54, 1.807) is 24.3 Å². The maximum atomic E-state index is 13.9. The zero-order valence-electron chi connectivity index (χ0n) is 17.3. The molecule has 3 heterocycles. The summed E-state index contributed by atoms with van der Waals surface area (Å²) in [6.07, 6.45) is -3.51. The van der Waals surface area contributed by atoms with Crippen molar-refractivity contribution in [1.29, 1.82) is 0 Å². The number of fused-ring (bicyclic) bond motifs is 1. The topological polar surface area (TPSA) is 50.2 Å². The predicted molar refractivity (Wildman–Crippen MR) is 120 cm³/mol. The Balaban J connectivity index is 1.46. The van der Waals surface area contributed by atoms with Crippen molar-refractivity contribution < 1.29 is 18.0 Å². The van der Waals surface area contributed by atoms with E-state index in [9.17, 15) is 18.0 Å². The van der Waals surface area contributed by atoms with Gasteiger partial charge in [-0.05, 0) is 16.4 Å². The molecule has 1 aromatic heterocycles. The van der Waals surface area contributed by atoms with Crippen LogP contribution in [0.4, 0.5) is 19.0 Å². The molecule has 5 nitrogen and oxygen atoms in total. The fraction of sp³-hybridized carbons (Fsp3) is 0.250. The number of anilines is 1. The summed E-state index contributed by atoms with van der Waals surface area (Å²) in [5.41, 5.74) is 1.83. The molecule has 0 saturated carbocycles. The molecule has 2 aromatic carbocycles. The summed E-state index contributed by atoms with van der Waals surface area (Å²) in [6, 6.07) is 19.0. The van der Waals surface area contributed by atoms with Crippen molar-refractivity contribution in [3.8, 4) is 11.3 Å². The number of nitrogens with zero attached hydrogens (tertiary/aromatic N) is 3. The molecule has 1 N–H and O–H groups in total. The van der Waals surface area contributed by atoms with Crippen molar-refractivity contribution in [2.75, 3.05) is 11.9 Å². The van der Waals surface area contributed by atoms with E-state index in [1.807, 2.05) is 36.4 Å². The molecule has 1 amide bonds. The molecule has 0 fully saturated rings. The zero-order chi connectivity index (χ0) is 23.0. The highest BCUT2D eigenvalue weighted by Gasteiger charge is 2.47. The normalized spacial score (nSPS) is 22.0. The Kier molecular flexibility index (Phi) is 5.54. The first kappa shape index (κ1) is 21.5.